The lowest BCUT2D eigenvalue weighted by Crippen LogP contribution is -2.27. The van der Waals surface area contributed by atoms with Crippen LogP contribution in [0, 0.1) is 0 Å². The van der Waals surface area contributed by atoms with Crippen molar-refractivity contribution in [2.24, 2.45) is 16.5 Å². The van der Waals surface area contributed by atoms with Crippen molar-refractivity contribution in [3.63, 3.8) is 0 Å². The Bertz CT molecular complexity index is 155. The Morgan fingerprint density at radius 2 is 2.20 bits per heavy atom. The second-order valence-electron chi connectivity index (χ2n) is 1.64. The van der Waals surface area contributed by atoms with E-state index in [4.69, 9.17) is 11.5 Å². The molecule has 10 heavy (non-hydrogen) atoms. The van der Waals surface area contributed by atoms with Crippen LogP contribution in [0.15, 0.2) is 4.99 Å². The first kappa shape index (κ1) is 9.09. The molecule has 6 heteroatoms. The van der Waals surface area contributed by atoms with E-state index in [1.54, 1.807) is 0 Å². The summed E-state index contributed by atoms with van der Waals surface area (Å²) in [5.74, 6) is -0.733. The van der Waals surface area contributed by atoms with Crippen LogP contribution >= 0.6 is 12.9 Å². The summed E-state index contributed by atoms with van der Waals surface area (Å²) in [5.41, 5.74) is 9.96. The number of rotatable bonds is 2. The van der Waals surface area contributed by atoms with Gasteiger partial charge in [-0.15, -0.1) is 0 Å². The first-order chi connectivity index (χ1) is 4.57. The minimum absolute atomic E-state index is 0.147. The Hall–Kier alpha value is -0.910. The molecular weight excluding hydrogens is 154 g/mol. The number of carbonyl (C=O) groups is 1. The van der Waals surface area contributed by atoms with E-state index in [1.807, 2.05) is 0 Å². The third-order valence-corrected chi connectivity index (χ3v) is 0.954. The second kappa shape index (κ2) is 3.99. The molecule has 0 saturated carbocycles. The van der Waals surface area contributed by atoms with Crippen molar-refractivity contribution < 1.29 is 8.98 Å². The van der Waals surface area contributed by atoms with Gasteiger partial charge in [0.05, 0.1) is 0 Å². The van der Waals surface area contributed by atoms with Gasteiger partial charge in [-0.25, -0.2) is 9.79 Å². The molecule has 4 N–H and O–H groups in total. The quantitative estimate of drug-likeness (QED) is 0.211. The van der Waals surface area contributed by atoms with Gasteiger partial charge in [0.25, 0.3) is 0 Å². The molecule has 0 aliphatic rings. The highest BCUT2D eigenvalue weighted by Crippen LogP contribution is 1.93. The van der Waals surface area contributed by atoms with Crippen molar-refractivity contribution in [1.29, 1.82) is 0 Å². The molecule has 0 fully saturated rings. The minimum Gasteiger partial charge on any atom is -0.393 e. The molecular formula is C4H9N3O2S. The molecule has 0 rings (SSSR count). The Labute approximate surface area is 64.0 Å². The van der Waals surface area contributed by atoms with E-state index in [1.165, 1.54) is 6.92 Å². The summed E-state index contributed by atoms with van der Waals surface area (Å²) in [6, 6.07) is -0.692. The highest BCUT2D eigenvalue weighted by molar-refractivity contribution is 7.75. The zero-order valence-corrected chi connectivity index (χ0v) is 6.34. The highest BCUT2D eigenvalue weighted by Gasteiger charge is 2.11. The van der Waals surface area contributed by atoms with E-state index in [2.05, 4.69) is 22.1 Å². The summed E-state index contributed by atoms with van der Waals surface area (Å²) in [6.07, 6.45) is 0. The van der Waals surface area contributed by atoms with Crippen LogP contribution in [0.5, 0.6) is 0 Å². The van der Waals surface area contributed by atoms with Crippen molar-refractivity contribution >= 4 is 24.8 Å². The molecule has 0 spiro atoms. The summed E-state index contributed by atoms with van der Waals surface area (Å²) in [6.45, 7) is 1.50. The molecule has 0 aromatic carbocycles. The first-order valence-electron chi connectivity index (χ1n) is 2.52. The van der Waals surface area contributed by atoms with Crippen LogP contribution < -0.4 is 11.5 Å². The fraction of sp³-hybridized carbons (Fsp3) is 0.500. The van der Waals surface area contributed by atoms with Gasteiger partial charge in [0.15, 0.2) is 5.96 Å². The van der Waals surface area contributed by atoms with Gasteiger partial charge < -0.3 is 15.7 Å². The normalized spacial score (nSPS) is 11.8. The van der Waals surface area contributed by atoms with E-state index in [9.17, 15) is 4.79 Å². The maximum Gasteiger partial charge on any atom is 0.342 e. The third-order valence-electron chi connectivity index (χ3n) is 0.774. The molecule has 5 nitrogen and oxygen atoms in total. The largest absolute Gasteiger partial charge is 0.393 e. The molecule has 0 aromatic rings. The maximum absolute atomic E-state index is 10.5. The number of guanidine groups is 1. The molecule has 0 bridgehead atoms. The van der Waals surface area contributed by atoms with Crippen molar-refractivity contribution in [1.82, 2.24) is 0 Å². The molecule has 0 aromatic heterocycles. The summed E-state index contributed by atoms with van der Waals surface area (Å²) in [5, 5.41) is 0. The van der Waals surface area contributed by atoms with E-state index in [0.717, 1.165) is 0 Å². The van der Waals surface area contributed by atoms with E-state index < -0.39 is 12.0 Å². The Kier molecular flexibility index (Phi) is 3.63. The fourth-order valence-electron chi connectivity index (χ4n) is 0.353. The van der Waals surface area contributed by atoms with Crippen LogP contribution in [0.3, 0.4) is 0 Å². The number of hydrogen-bond donors (Lipinski definition) is 3. The molecule has 58 valence electrons. The van der Waals surface area contributed by atoms with Gasteiger partial charge in [0.2, 0.25) is 0 Å². The van der Waals surface area contributed by atoms with E-state index in [0.29, 0.717) is 0 Å². The van der Waals surface area contributed by atoms with Gasteiger partial charge in [0, 0.05) is 12.9 Å². The van der Waals surface area contributed by atoms with Crippen molar-refractivity contribution in [2.45, 2.75) is 13.0 Å². The third kappa shape index (κ3) is 3.18. The van der Waals surface area contributed by atoms with Crippen LogP contribution in [0.25, 0.3) is 0 Å². The number of thiol groups is 1. The van der Waals surface area contributed by atoms with Crippen LogP contribution in [0.2, 0.25) is 0 Å². The number of nitrogens with two attached hydrogens (primary N) is 2. The lowest BCUT2D eigenvalue weighted by Gasteiger charge is -2.01. The standard InChI is InChI=1S/C4H9N3O2S/c1-2(3(8)9-10)7-4(5)6/h2,10H,1H3,(H4,5,6,7). The Morgan fingerprint density at radius 1 is 1.70 bits per heavy atom. The lowest BCUT2D eigenvalue weighted by atomic mass is 10.4. The predicted octanol–water partition coefficient (Wildman–Crippen LogP) is -0.964. The average Bonchev–Trinajstić information content (AvgIpc) is 1.85. The van der Waals surface area contributed by atoms with E-state index in [-0.39, 0.29) is 5.96 Å². The highest BCUT2D eigenvalue weighted by atomic mass is 32.1. The van der Waals surface area contributed by atoms with Gasteiger partial charge in [-0.1, -0.05) is 0 Å². The lowest BCUT2D eigenvalue weighted by molar-refractivity contribution is -0.133. The number of nitrogens with zero attached hydrogens (tertiary/aromatic N) is 1. The van der Waals surface area contributed by atoms with Gasteiger partial charge >= 0.3 is 5.97 Å². The summed E-state index contributed by atoms with van der Waals surface area (Å²) < 4.78 is 4.05. The molecule has 0 heterocycles. The Morgan fingerprint density at radius 3 is 2.50 bits per heavy atom. The van der Waals surface area contributed by atoms with E-state index >= 15 is 0 Å². The molecule has 0 aliphatic heterocycles. The van der Waals surface area contributed by atoms with Crippen molar-refractivity contribution in [3.8, 4) is 0 Å². The molecule has 0 amide bonds. The average molecular weight is 163 g/mol. The number of hydrogen-bond acceptors (Lipinski definition) is 4. The van der Waals surface area contributed by atoms with Crippen LogP contribution in [0.1, 0.15) is 6.92 Å². The van der Waals surface area contributed by atoms with Gasteiger partial charge in [-0.05, 0) is 6.92 Å². The zero-order chi connectivity index (χ0) is 8.15. The van der Waals surface area contributed by atoms with Crippen molar-refractivity contribution in [2.75, 3.05) is 0 Å². The van der Waals surface area contributed by atoms with Gasteiger partial charge in [-0.2, -0.15) is 0 Å². The van der Waals surface area contributed by atoms with Crippen LogP contribution in [0.4, 0.5) is 0 Å². The molecule has 0 radical (unpaired) electrons. The summed E-state index contributed by atoms with van der Waals surface area (Å²) in [7, 11) is 0. The molecule has 0 saturated heterocycles. The molecule has 1 atom stereocenters. The topological polar surface area (TPSA) is 90.7 Å². The van der Waals surface area contributed by atoms with Crippen molar-refractivity contribution in [3.05, 3.63) is 0 Å². The minimum atomic E-state index is -0.692. The predicted molar refractivity (Wildman–Crippen MR) is 40.3 cm³/mol. The molecule has 1 unspecified atom stereocenters. The van der Waals surface area contributed by atoms with Gasteiger partial charge in [-0.3, -0.25) is 0 Å². The second-order valence-corrected chi connectivity index (χ2v) is 1.82. The summed E-state index contributed by atoms with van der Waals surface area (Å²) >= 11 is 3.28. The van der Waals surface area contributed by atoms with Gasteiger partial charge in [0.1, 0.15) is 6.04 Å². The SMILES string of the molecule is CC(N=C(N)N)C(=O)OS. The summed E-state index contributed by atoms with van der Waals surface area (Å²) in [4.78, 5) is 14.0. The molecule has 0 aliphatic carbocycles. The zero-order valence-electron chi connectivity index (χ0n) is 5.44. The smallest absolute Gasteiger partial charge is 0.342 e. The van der Waals surface area contributed by atoms with Crippen LogP contribution in [-0.4, -0.2) is 18.0 Å². The Balaban J connectivity index is 3.96. The van der Waals surface area contributed by atoms with Crippen LogP contribution in [-0.2, 0) is 8.98 Å². The monoisotopic (exact) mass is 163 g/mol. The first-order valence-corrected chi connectivity index (χ1v) is 2.88. The number of carbonyl (C=O) groups excluding carboxylic acids is 1. The fourth-order valence-corrected chi connectivity index (χ4v) is 0.505. The maximum atomic E-state index is 10.5. The number of aliphatic imine (C=N–C) groups is 1.